The Hall–Kier alpha value is -3.13. The number of non-ortho nitro benzene ring substituents is 1. The minimum absolute atomic E-state index is 0.0599. The van der Waals surface area contributed by atoms with Gasteiger partial charge in [0, 0.05) is 30.8 Å². The molecule has 130 valence electrons. The van der Waals surface area contributed by atoms with Crippen LogP contribution < -0.4 is 15.2 Å². The molecular formula is C17H18N4O4. The predicted octanol–water partition coefficient (Wildman–Crippen LogP) is 2.47. The zero-order valence-electron chi connectivity index (χ0n) is 13.9. The summed E-state index contributed by atoms with van der Waals surface area (Å²) in [5, 5.41) is 10.8. The Morgan fingerprint density at radius 3 is 2.36 bits per heavy atom. The highest BCUT2D eigenvalue weighted by atomic mass is 16.6. The average molecular weight is 342 g/mol. The first-order valence-electron chi connectivity index (χ1n) is 7.62. The zero-order valence-corrected chi connectivity index (χ0v) is 13.9. The summed E-state index contributed by atoms with van der Waals surface area (Å²) in [5.41, 5.74) is 8.42. The van der Waals surface area contributed by atoms with Gasteiger partial charge in [-0.1, -0.05) is 12.1 Å². The molecule has 0 saturated carbocycles. The number of nitro benzene ring substituents is 1. The molecule has 0 radical (unpaired) electrons. The molecule has 0 bridgehead atoms. The van der Waals surface area contributed by atoms with Gasteiger partial charge in [-0.05, 0) is 5.56 Å². The number of ether oxygens (including phenoxy) is 2. The van der Waals surface area contributed by atoms with Gasteiger partial charge < -0.3 is 19.8 Å². The Morgan fingerprint density at radius 2 is 1.80 bits per heavy atom. The lowest BCUT2D eigenvalue weighted by Gasteiger charge is -2.10. The number of methoxy groups -OCH3 is 2. The monoisotopic (exact) mass is 342 g/mol. The summed E-state index contributed by atoms with van der Waals surface area (Å²) in [5.74, 6) is 1.91. The zero-order chi connectivity index (χ0) is 18.0. The van der Waals surface area contributed by atoms with Gasteiger partial charge in [-0.25, -0.2) is 4.98 Å². The SMILES string of the molecule is COc1cc2nc(CN)n(Cc3ccc([N+](=O)[O-])cc3)c2cc1OC. The number of benzene rings is 2. The van der Waals surface area contributed by atoms with E-state index < -0.39 is 4.92 Å². The molecule has 3 rings (SSSR count). The molecule has 0 unspecified atom stereocenters. The smallest absolute Gasteiger partial charge is 0.269 e. The highest BCUT2D eigenvalue weighted by molar-refractivity contribution is 5.80. The summed E-state index contributed by atoms with van der Waals surface area (Å²) in [6, 6.07) is 10.1. The summed E-state index contributed by atoms with van der Waals surface area (Å²) >= 11 is 0. The van der Waals surface area contributed by atoms with Crippen molar-refractivity contribution in [3.8, 4) is 11.5 Å². The second-order valence-electron chi connectivity index (χ2n) is 5.44. The maximum absolute atomic E-state index is 10.8. The number of nitrogens with zero attached hydrogens (tertiary/aromatic N) is 3. The van der Waals surface area contributed by atoms with Crippen LogP contribution >= 0.6 is 0 Å². The number of hydrogen-bond donors (Lipinski definition) is 1. The predicted molar refractivity (Wildman–Crippen MR) is 92.9 cm³/mol. The van der Waals surface area contributed by atoms with Crippen LogP contribution in [0.15, 0.2) is 36.4 Å². The number of rotatable bonds is 6. The highest BCUT2D eigenvalue weighted by Gasteiger charge is 2.15. The molecule has 0 amide bonds. The molecule has 0 fully saturated rings. The summed E-state index contributed by atoms with van der Waals surface area (Å²) in [6.07, 6.45) is 0. The number of nitrogens with two attached hydrogens (primary N) is 1. The molecular weight excluding hydrogens is 324 g/mol. The van der Waals surface area contributed by atoms with Gasteiger partial charge in [-0.3, -0.25) is 10.1 Å². The first-order chi connectivity index (χ1) is 12.1. The van der Waals surface area contributed by atoms with Gasteiger partial charge in [0.05, 0.1) is 36.7 Å². The molecule has 0 spiro atoms. The van der Waals surface area contributed by atoms with Crippen molar-refractivity contribution >= 4 is 16.7 Å². The van der Waals surface area contributed by atoms with E-state index in [0.717, 1.165) is 16.6 Å². The van der Waals surface area contributed by atoms with Crippen molar-refractivity contribution in [1.82, 2.24) is 9.55 Å². The first kappa shape index (κ1) is 16.7. The Labute approximate surface area is 143 Å². The van der Waals surface area contributed by atoms with Crippen LogP contribution in [0.5, 0.6) is 11.5 Å². The summed E-state index contributed by atoms with van der Waals surface area (Å²) in [6.45, 7) is 0.767. The van der Waals surface area contributed by atoms with Gasteiger partial charge in [0.25, 0.3) is 5.69 Å². The van der Waals surface area contributed by atoms with Crippen LogP contribution in [0.25, 0.3) is 11.0 Å². The third kappa shape index (κ3) is 3.11. The largest absolute Gasteiger partial charge is 0.493 e. The van der Waals surface area contributed by atoms with E-state index in [4.69, 9.17) is 15.2 Å². The van der Waals surface area contributed by atoms with E-state index >= 15 is 0 Å². The fourth-order valence-corrected chi connectivity index (χ4v) is 2.74. The van der Waals surface area contributed by atoms with E-state index in [1.807, 2.05) is 10.6 Å². The van der Waals surface area contributed by atoms with Gasteiger partial charge in [0.1, 0.15) is 5.82 Å². The van der Waals surface area contributed by atoms with Crippen molar-refractivity contribution in [3.05, 3.63) is 57.9 Å². The van der Waals surface area contributed by atoms with Crippen molar-refractivity contribution in [3.63, 3.8) is 0 Å². The maximum atomic E-state index is 10.8. The topological polar surface area (TPSA) is 105 Å². The average Bonchev–Trinajstić information content (AvgIpc) is 2.97. The lowest BCUT2D eigenvalue weighted by molar-refractivity contribution is -0.384. The van der Waals surface area contributed by atoms with Crippen molar-refractivity contribution in [2.24, 2.45) is 5.73 Å². The minimum atomic E-state index is -0.418. The summed E-state index contributed by atoms with van der Waals surface area (Å²) < 4.78 is 12.6. The molecule has 8 nitrogen and oxygen atoms in total. The van der Waals surface area contributed by atoms with Gasteiger partial charge >= 0.3 is 0 Å². The Bertz CT molecular complexity index is 919. The molecule has 0 atom stereocenters. The number of aromatic nitrogens is 2. The quantitative estimate of drug-likeness (QED) is 0.545. The molecule has 3 aromatic rings. The molecule has 1 heterocycles. The molecule has 0 aliphatic rings. The third-order valence-electron chi connectivity index (χ3n) is 4.00. The van der Waals surface area contributed by atoms with Crippen LogP contribution in [-0.2, 0) is 13.1 Å². The lowest BCUT2D eigenvalue weighted by Crippen LogP contribution is -2.09. The summed E-state index contributed by atoms with van der Waals surface area (Å²) in [4.78, 5) is 14.9. The normalized spacial score (nSPS) is 10.8. The second-order valence-corrected chi connectivity index (χ2v) is 5.44. The number of imidazole rings is 1. The minimum Gasteiger partial charge on any atom is -0.493 e. The molecule has 1 aromatic heterocycles. The summed E-state index contributed by atoms with van der Waals surface area (Å²) in [7, 11) is 3.14. The van der Waals surface area contributed by atoms with E-state index in [1.165, 1.54) is 12.1 Å². The highest BCUT2D eigenvalue weighted by Crippen LogP contribution is 2.32. The number of nitro groups is 1. The van der Waals surface area contributed by atoms with Crippen LogP contribution in [0.1, 0.15) is 11.4 Å². The Morgan fingerprint density at radius 1 is 1.16 bits per heavy atom. The second kappa shape index (κ2) is 6.78. The molecule has 0 aliphatic carbocycles. The van der Waals surface area contributed by atoms with Crippen LogP contribution in [0.2, 0.25) is 0 Å². The number of fused-ring (bicyclic) bond motifs is 1. The standard InChI is InChI=1S/C17H18N4O4/c1-24-15-7-13-14(8-16(15)25-2)20(17(9-18)19-13)10-11-3-5-12(6-4-11)21(22)23/h3-8H,9-10,18H2,1-2H3. The van der Waals surface area contributed by atoms with Crippen molar-refractivity contribution in [2.45, 2.75) is 13.1 Å². The van der Waals surface area contributed by atoms with Crippen molar-refractivity contribution < 1.29 is 14.4 Å². The number of hydrogen-bond acceptors (Lipinski definition) is 6. The molecule has 8 heteroatoms. The molecule has 25 heavy (non-hydrogen) atoms. The molecule has 0 saturated heterocycles. The van der Waals surface area contributed by atoms with Crippen molar-refractivity contribution in [1.29, 1.82) is 0 Å². The van der Waals surface area contributed by atoms with Gasteiger partial charge in [-0.2, -0.15) is 0 Å². The van der Waals surface area contributed by atoms with E-state index in [2.05, 4.69) is 4.98 Å². The maximum Gasteiger partial charge on any atom is 0.269 e. The van der Waals surface area contributed by atoms with Crippen LogP contribution in [0.3, 0.4) is 0 Å². The van der Waals surface area contributed by atoms with Crippen LogP contribution in [-0.4, -0.2) is 28.7 Å². The van der Waals surface area contributed by atoms with Crippen LogP contribution in [0.4, 0.5) is 5.69 Å². The van der Waals surface area contributed by atoms with E-state index in [0.29, 0.717) is 23.9 Å². The van der Waals surface area contributed by atoms with Crippen LogP contribution in [0, 0.1) is 10.1 Å². The first-order valence-corrected chi connectivity index (χ1v) is 7.62. The van der Waals surface area contributed by atoms with E-state index in [1.54, 1.807) is 32.4 Å². The Kier molecular flexibility index (Phi) is 4.53. The lowest BCUT2D eigenvalue weighted by atomic mass is 10.2. The third-order valence-corrected chi connectivity index (χ3v) is 4.00. The van der Waals surface area contributed by atoms with Gasteiger partial charge in [0.2, 0.25) is 0 Å². The van der Waals surface area contributed by atoms with E-state index in [9.17, 15) is 10.1 Å². The fraction of sp³-hybridized carbons (Fsp3) is 0.235. The van der Waals surface area contributed by atoms with Crippen molar-refractivity contribution in [2.75, 3.05) is 14.2 Å². The molecule has 2 aromatic carbocycles. The Balaban J connectivity index is 2.06. The molecule has 2 N–H and O–H groups in total. The van der Waals surface area contributed by atoms with E-state index in [-0.39, 0.29) is 12.2 Å². The fourth-order valence-electron chi connectivity index (χ4n) is 2.74. The van der Waals surface area contributed by atoms with Gasteiger partial charge in [-0.15, -0.1) is 0 Å². The molecule has 0 aliphatic heterocycles. The van der Waals surface area contributed by atoms with Gasteiger partial charge in [0.15, 0.2) is 11.5 Å².